The van der Waals surface area contributed by atoms with Crippen molar-refractivity contribution in [1.29, 1.82) is 0 Å². The van der Waals surface area contributed by atoms with Crippen LogP contribution in [0.15, 0.2) is 42.5 Å². The molecule has 2 rings (SSSR count). The lowest BCUT2D eigenvalue weighted by atomic mass is 10.00. The number of halogens is 1. The molecule has 3 nitrogen and oxygen atoms in total. The Balaban J connectivity index is 2.57. The Morgan fingerprint density at radius 1 is 1.18 bits per heavy atom. The maximum atomic E-state index is 13.4. The van der Waals surface area contributed by atoms with Crippen molar-refractivity contribution < 1.29 is 9.31 Å². The standard InChI is InChI=1S/C13H10FNO2/c1-9-12(6-3-7-13(9)14)10-4-2-5-11(8-10)15(16)17/h2-8H,1H3. The first kappa shape index (κ1) is 11.3. The summed E-state index contributed by atoms with van der Waals surface area (Å²) < 4.78 is 13.4. The Labute approximate surface area is 97.7 Å². The van der Waals surface area contributed by atoms with Crippen LogP contribution in [0.5, 0.6) is 0 Å². The average Bonchev–Trinajstić information content (AvgIpc) is 2.33. The third-order valence-corrected chi connectivity index (χ3v) is 2.64. The van der Waals surface area contributed by atoms with Crippen molar-refractivity contribution in [1.82, 2.24) is 0 Å². The van der Waals surface area contributed by atoms with Crippen LogP contribution in [-0.4, -0.2) is 4.92 Å². The van der Waals surface area contributed by atoms with E-state index >= 15 is 0 Å². The topological polar surface area (TPSA) is 43.1 Å². The summed E-state index contributed by atoms with van der Waals surface area (Å²) >= 11 is 0. The molecule has 0 N–H and O–H groups in total. The SMILES string of the molecule is Cc1c(F)cccc1-c1cccc([N+](=O)[O-])c1. The molecule has 4 heteroatoms. The molecule has 0 saturated carbocycles. The molecule has 0 spiro atoms. The number of nitrogens with zero attached hydrogens (tertiary/aromatic N) is 1. The Kier molecular flexibility index (Phi) is 2.87. The van der Waals surface area contributed by atoms with E-state index < -0.39 is 4.92 Å². The van der Waals surface area contributed by atoms with Gasteiger partial charge in [-0.1, -0.05) is 24.3 Å². The monoisotopic (exact) mass is 231 g/mol. The van der Waals surface area contributed by atoms with Crippen molar-refractivity contribution in [3.8, 4) is 11.1 Å². The summed E-state index contributed by atoms with van der Waals surface area (Å²) in [5.74, 6) is -0.311. The Hall–Kier alpha value is -2.23. The first-order chi connectivity index (χ1) is 8.09. The highest BCUT2D eigenvalue weighted by Gasteiger charge is 2.10. The van der Waals surface area contributed by atoms with Crippen LogP contribution in [0.2, 0.25) is 0 Å². The van der Waals surface area contributed by atoms with Crippen LogP contribution >= 0.6 is 0 Å². The van der Waals surface area contributed by atoms with E-state index in [2.05, 4.69) is 0 Å². The van der Waals surface area contributed by atoms with Gasteiger partial charge < -0.3 is 0 Å². The molecule has 2 aromatic rings. The van der Waals surface area contributed by atoms with Gasteiger partial charge in [-0.05, 0) is 29.7 Å². The minimum absolute atomic E-state index is 0.00570. The fourth-order valence-corrected chi connectivity index (χ4v) is 1.71. The molecule has 0 aromatic heterocycles. The average molecular weight is 231 g/mol. The van der Waals surface area contributed by atoms with Crippen LogP contribution in [0.4, 0.5) is 10.1 Å². The summed E-state index contributed by atoms with van der Waals surface area (Å²) in [6.07, 6.45) is 0. The minimum atomic E-state index is -0.460. The Bertz CT molecular complexity index is 581. The number of rotatable bonds is 2. The molecule has 0 heterocycles. The van der Waals surface area contributed by atoms with Crippen molar-refractivity contribution in [3.63, 3.8) is 0 Å². The van der Waals surface area contributed by atoms with Gasteiger partial charge in [-0.2, -0.15) is 0 Å². The fraction of sp³-hybridized carbons (Fsp3) is 0.0769. The maximum Gasteiger partial charge on any atom is 0.270 e. The molecule has 0 bridgehead atoms. The van der Waals surface area contributed by atoms with E-state index in [-0.39, 0.29) is 11.5 Å². The predicted molar refractivity (Wildman–Crippen MR) is 63.2 cm³/mol. The van der Waals surface area contributed by atoms with Crippen LogP contribution in [0, 0.1) is 22.9 Å². The first-order valence-electron chi connectivity index (χ1n) is 5.09. The highest BCUT2D eigenvalue weighted by Crippen LogP contribution is 2.27. The zero-order valence-corrected chi connectivity index (χ0v) is 9.18. The summed E-state index contributed by atoms with van der Waals surface area (Å²) in [5, 5.41) is 10.7. The van der Waals surface area contributed by atoms with E-state index in [0.717, 1.165) is 0 Å². The summed E-state index contributed by atoms with van der Waals surface area (Å²) in [4.78, 5) is 10.2. The maximum absolute atomic E-state index is 13.4. The normalized spacial score (nSPS) is 10.2. The van der Waals surface area contributed by atoms with Crippen LogP contribution in [0.1, 0.15) is 5.56 Å². The van der Waals surface area contributed by atoms with Gasteiger partial charge in [0.15, 0.2) is 0 Å². The minimum Gasteiger partial charge on any atom is -0.258 e. The zero-order chi connectivity index (χ0) is 12.4. The van der Waals surface area contributed by atoms with E-state index in [1.807, 2.05) is 0 Å². The second-order valence-electron chi connectivity index (χ2n) is 3.72. The summed E-state index contributed by atoms with van der Waals surface area (Å²) in [5.41, 5.74) is 1.82. The van der Waals surface area contributed by atoms with Gasteiger partial charge in [0, 0.05) is 12.1 Å². The molecular formula is C13H10FNO2. The molecule has 86 valence electrons. The molecule has 0 fully saturated rings. The molecule has 0 atom stereocenters. The molecule has 0 aliphatic carbocycles. The van der Waals surface area contributed by atoms with E-state index in [9.17, 15) is 14.5 Å². The lowest BCUT2D eigenvalue weighted by molar-refractivity contribution is -0.384. The fourth-order valence-electron chi connectivity index (χ4n) is 1.71. The molecule has 0 amide bonds. The second kappa shape index (κ2) is 4.33. The van der Waals surface area contributed by atoms with Crippen LogP contribution < -0.4 is 0 Å². The molecule has 2 aromatic carbocycles. The van der Waals surface area contributed by atoms with E-state index in [0.29, 0.717) is 16.7 Å². The van der Waals surface area contributed by atoms with Gasteiger partial charge in [-0.3, -0.25) is 10.1 Å². The number of hydrogen-bond donors (Lipinski definition) is 0. The van der Waals surface area contributed by atoms with Gasteiger partial charge in [-0.25, -0.2) is 4.39 Å². The Morgan fingerprint density at radius 3 is 2.59 bits per heavy atom. The van der Waals surface area contributed by atoms with Gasteiger partial charge in [0.1, 0.15) is 5.82 Å². The first-order valence-corrected chi connectivity index (χ1v) is 5.09. The lowest BCUT2D eigenvalue weighted by Crippen LogP contribution is -1.90. The number of non-ortho nitro benzene ring substituents is 1. The van der Waals surface area contributed by atoms with Gasteiger partial charge >= 0.3 is 0 Å². The number of nitro benzene ring substituents is 1. The quantitative estimate of drug-likeness (QED) is 0.584. The lowest BCUT2D eigenvalue weighted by Gasteiger charge is -2.06. The van der Waals surface area contributed by atoms with Gasteiger partial charge in [0.25, 0.3) is 5.69 Å². The van der Waals surface area contributed by atoms with E-state index in [4.69, 9.17) is 0 Å². The second-order valence-corrected chi connectivity index (χ2v) is 3.72. The third kappa shape index (κ3) is 2.15. The van der Waals surface area contributed by atoms with E-state index in [1.54, 1.807) is 31.2 Å². The molecule has 0 unspecified atom stereocenters. The number of nitro groups is 1. The summed E-state index contributed by atoms with van der Waals surface area (Å²) in [6.45, 7) is 1.66. The Morgan fingerprint density at radius 2 is 1.88 bits per heavy atom. The predicted octanol–water partition coefficient (Wildman–Crippen LogP) is 3.71. The highest BCUT2D eigenvalue weighted by molar-refractivity contribution is 5.69. The molecule has 0 aliphatic heterocycles. The van der Waals surface area contributed by atoms with Crippen LogP contribution in [0.25, 0.3) is 11.1 Å². The molecule has 17 heavy (non-hydrogen) atoms. The third-order valence-electron chi connectivity index (χ3n) is 2.64. The smallest absolute Gasteiger partial charge is 0.258 e. The molecular weight excluding hydrogens is 221 g/mol. The van der Waals surface area contributed by atoms with Crippen molar-refractivity contribution >= 4 is 5.69 Å². The van der Waals surface area contributed by atoms with Crippen LogP contribution in [0.3, 0.4) is 0 Å². The van der Waals surface area contributed by atoms with Crippen molar-refractivity contribution in [2.75, 3.05) is 0 Å². The van der Waals surface area contributed by atoms with Crippen molar-refractivity contribution in [3.05, 3.63) is 64.0 Å². The zero-order valence-electron chi connectivity index (χ0n) is 9.18. The van der Waals surface area contributed by atoms with Crippen LogP contribution in [-0.2, 0) is 0 Å². The van der Waals surface area contributed by atoms with Crippen molar-refractivity contribution in [2.24, 2.45) is 0 Å². The largest absolute Gasteiger partial charge is 0.270 e. The molecule has 0 aliphatic rings. The van der Waals surface area contributed by atoms with Gasteiger partial charge in [-0.15, -0.1) is 0 Å². The molecule has 0 saturated heterocycles. The summed E-state index contributed by atoms with van der Waals surface area (Å²) in [7, 11) is 0. The van der Waals surface area contributed by atoms with Crippen molar-refractivity contribution in [2.45, 2.75) is 6.92 Å². The summed E-state index contributed by atoms with van der Waals surface area (Å²) in [6, 6.07) is 10.9. The van der Waals surface area contributed by atoms with Gasteiger partial charge in [0.05, 0.1) is 4.92 Å². The number of hydrogen-bond acceptors (Lipinski definition) is 2. The highest BCUT2D eigenvalue weighted by atomic mass is 19.1. The van der Waals surface area contributed by atoms with E-state index in [1.165, 1.54) is 18.2 Å². The number of benzene rings is 2. The van der Waals surface area contributed by atoms with Gasteiger partial charge in [0.2, 0.25) is 0 Å². The molecule has 0 radical (unpaired) electrons.